The fourth-order valence-electron chi connectivity index (χ4n) is 1.70. The average molecular weight is 333 g/mol. The minimum Gasteiger partial charge on any atom is -0.452 e. The minimum absolute atomic E-state index is 0.131. The Balaban J connectivity index is 1.92. The summed E-state index contributed by atoms with van der Waals surface area (Å²) in [5.41, 5.74) is 0.760. The smallest absolute Gasteiger partial charge is 0.338 e. The summed E-state index contributed by atoms with van der Waals surface area (Å²) < 4.78 is 17.9. The second-order valence-electron chi connectivity index (χ2n) is 4.45. The molecule has 0 fully saturated rings. The van der Waals surface area contributed by atoms with Crippen LogP contribution in [0.3, 0.4) is 0 Å². The summed E-state index contributed by atoms with van der Waals surface area (Å²) in [6.07, 6.45) is 0. The van der Waals surface area contributed by atoms with Crippen molar-refractivity contribution in [1.29, 1.82) is 5.26 Å². The Hall–Kier alpha value is -2.91. The van der Waals surface area contributed by atoms with Crippen molar-refractivity contribution in [2.75, 3.05) is 11.9 Å². The zero-order valence-corrected chi connectivity index (χ0v) is 12.4. The molecule has 0 heterocycles. The van der Waals surface area contributed by atoms with Gasteiger partial charge in [0.2, 0.25) is 0 Å². The largest absolute Gasteiger partial charge is 0.452 e. The number of carbonyl (C=O) groups excluding carboxylic acids is 2. The lowest BCUT2D eigenvalue weighted by atomic mass is 10.1. The molecule has 1 N–H and O–H groups in total. The SMILES string of the molecule is N#Cc1cccc(C(=O)OCC(=O)Nc2ccc(F)c(Cl)c2)c1. The number of halogens is 2. The molecule has 0 aliphatic rings. The highest BCUT2D eigenvalue weighted by atomic mass is 35.5. The van der Waals surface area contributed by atoms with E-state index in [0.29, 0.717) is 5.56 Å². The number of nitrogens with zero attached hydrogens (tertiary/aromatic N) is 1. The molecular weight excluding hydrogens is 323 g/mol. The monoisotopic (exact) mass is 332 g/mol. The third kappa shape index (κ3) is 4.53. The van der Waals surface area contributed by atoms with E-state index in [-0.39, 0.29) is 16.3 Å². The number of carbonyl (C=O) groups is 2. The van der Waals surface area contributed by atoms with Crippen LogP contribution in [0.25, 0.3) is 0 Å². The Morgan fingerprint density at radius 1 is 1.26 bits per heavy atom. The Morgan fingerprint density at radius 2 is 2.04 bits per heavy atom. The lowest BCUT2D eigenvalue weighted by molar-refractivity contribution is -0.119. The number of nitrogens with one attached hydrogen (secondary N) is 1. The molecule has 1 amide bonds. The van der Waals surface area contributed by atoms with Crippen molar-refractivity contribution in [3.05, 3.63) is 64.4 Å². The van der Waals surface area contributed by atoms with Crippen LogP contribution in [0.2, 0.25) is 5.02 Å². The molecule has 0 spiro atoms. The highest BCUT2D eigenvalue weighted by Crippen LogP contribution is 2.19. The lowest BCUT2D eigenvalue weighted by Gasteiger charge is -2.07. The second kappa shape index (κ2) is 7.38. The highest BCUT2D eigenvalue weighted by molar-refractivity contribution is 6.31. The van der Waals surface area contributed by atoms with Gasteiger partial charge in [-0.25, -0.2) is 9.18 Å². The Kier molecular flexibility index (Phi) is 5.28. The number of hydrogen-bond donors (Lipinski definition) is 1. The van der Waals surface area contributed by atoms with Crippen LogP contribution in [-0.4, -0.2) is 18.5 Å². The maximum atomic E-state index is 13.0. The first kappa shape index (κ1) is 16.5. The van der Waals surface area contributed by atoms with E-state index in [4.69, 9.17) is 21.6 Å². The van der Waals surface area contributed by atoms with Gasteiger partial charge in [-0.05, 0) is 36.4 Å². The van der Waals surface area contributed by atoms with Crippen LogP contribution in [-0.2, 0) is 9.53 Å². The summed E-state index contributed by atoms with van der Waals surface area (Å²) in [4.78, 5) is 23.5. The maximum Gasteiger partial charge on any atom is 0.338 e. The molecule has 0 aromatic heterocycles. The van der Waals surface area contributed by atoms with Crippen LogP contribution < -0.4 is 5.32 Å². The molecule has 0 unspecified atom stereocenters. The molecule has 7 heteroatoms. The molecule has 0 bridgehead atoms. The molecule has 5 nitrogen and oxygen atoms in total. The number of amides is 1. The van der Waals surface area contributed by atoms with Gasteiger partial charge in [-0.15, -0.1) is 0 Å². The van der Waals surface area contributed by atoms with Gasteiger partial charge < -0.3 is 10.1 Å². The molecule has 2 rings (SSSR count). The topological polar surface area (TPSA) is 79.2 Å². The van der Waals surface area contributed by atoms with E-state index >= 15 is 0 Å². The van der Waals surface area contributed by atoms with Crippen molar-refractivity contribution in [3.8, 4) is 6.07 Å². The zero-order valence-electron chi connectivity index (χ0n) is 11.7. The molecule has 0 atom stereocenters. The number of nitriles is 1. The van der Waals surface area contributed by atoms with Gasteiger partial charge in [-0.1, -0.05) is 17.7 Å². The molecule has 0 saturated carbocycles. The van der Waals surface area contributed by atoms with Crippen LogP contribution in [0.5, 0.6) is 0 Å². The molecule has 23 heavy (non-hydrogen) atoms. The van der Waals surface area contributed by atoms with E-state index in [1.54, 1.807) is 6.07 Å². The fourth-order valence-corrected chi connectivity index (χ4v) is 1.88. The van der Waals surface area contributed by atoms with E-state index in [0.717, 1.165) is 6.07 Å². The highest BCUT2D eigenvalue weighted by Gasteiger charge is 2.11. The summed E-state index contributed by atoms with van der Waals surface area (Å²) in [5.74, 6) is -1.93. The Labute approximate surface area is 136 Å². The molecule has 2 aromatic rings. The molecule has 2 aromatic carbocycles. The van der Waals surface area contributed by atoms with Crippen molar-refractivity contribution in [1.82, 2.24) is 0 Å². The molecule has 0 saturated heterocycles. The van der Waals surface area contributed by atoms with Crippen molar-refractivity contribution in [3.63, 3.8) is 0 Å². The molecular formula is C16H10ClFN2O3. The third-order valence-corrected chi connectivity index (χ3v) is 3.05. The van der Waals surface area contributed by atoms with Crippen LogP contribution >= 0.6 is 11.6 Å². The van der Waals surface area contributed by atoms with Crippen LogP contribution in [0.1, 0.15) is 15.9 Å². The fraction of sp³-hybridized carbons (Fsp3) is 0.0625. The summed E-state index contributed by atoms with van der Waals surface area (Å²) >= 11 is 5.60. The summed E-state index contributed by atoms with van der Waals surface area (Å²) in [6, 6.07) is 11.5. The van der Waals surface area contributed by atoms with Crippen molar-refractivity contribution < 1.29 is 18.7 Å². The number of ether oxygens (including phenoxy) is 1. The van der Waals surface area contributed by atoms with Gasteiger partial charge in [-0.2, -0.15) is 5.26 Å². The predicted molar refractivity (Wildman–Crippen MR) is 81.5 cm³/mol. The van der Waals surface area contributed by atoms with Gasteiger partial charge in [0.05, 0.1) is 22.2 Å². The van der Waals surface area contributed by atoms with Gasteiger partial charge in [-0.3, -0.25) is 4.79 Å². The predicted octanol–water partition coefficient (Wildman–Crippen LogP) is 3.15. The van der Waals surface area contributed by atoms with Crippen molar-refractivity contribution >= 4 is 29.2 Å². The standard InChI is InChI=1S/C16H10ClFN2O3/c17-13-7-12(4-5-14(13)18)20-15(21)9-23-16(22)11-3-1-2-10(6-11)8-19/h1-7H,9H2,(H,20,21). The van der Waals surface area contributed by atoms with Gasteiger partial charge in [0.1, 0.15) is 5.82 Å². The number of rotatable bonds is 4. The quantitative estimate of drug-likeness (QED) is 0.872. The van der Waals surface area contributed by atoms with Crippen molar-refractivity contribution in [2.24, 2.45) is 0 Å². The number of anilines is 1. The van der Waals surface area contributed by atoms with Crippen LogP contribution in [0.4, 0.5) is 10.1 Å². The number of hydrogen-bond acceptors (Lipinski definition) is 4. The van der Waals surface area contributed by atoms with Gasteiger partial charge in [0.25, 0.3) is 5.91 Å². The van der Waals surface area contributed by atoms with E-state index in [2.05, 4.69) is 5.32 Å². The first-order valence-electron chi connectivity index (χ1n) is 6.42. The third-order valence-electron chi connectivity index (χ3n) is 2.77. The van der Waals surface area contributed by atoms with Crippen LogP contribution in [0, 0.1) is 17.1 Å². The summed E-state index contributed by atoms with van der Waals surface area (Å²) in [7, 11) is 0. The lowest BCUT2D eigenvalue weighted by Crippen LogP contribution is -2.21. The molecule has 116 valence electrons. The average Bonchev–Trinajstić information content (AvgIpc) is 2.56. The number of benzene rings is 2. The number of esters is 1. The van der Waals surface area contributed by atoms with E-state index in [9.17, 15) is 14.0 Å². The van der Waals surface area contributed by atoms with Gasteiger partial charge in [0, 0.05) is 5.69 Å². The molecule has 0 aliphatic carbocycles. The van der Waals surface area contributed by atoms with E-state index in [1.165, 1.54) is 30.3 Å². The molecule has 0 radical (unpaired) electrons. The summed E-state index contributed by atoms with van der Waals surface area (Å²) in [6.45, 7) is -0.523. The van der Waals surface area contributed by atoms with Gasteiger partial charge >= 0.3 is 5.97 Å². The maximum absolute atomic E-state index is 13.0. The Bertz CT molecular complexity index is 802. The van der Waals surface area contributed by atoms with Crippen molar-refractivity contribution in [2.45, 2.75) is 0 Å². The van der Waals surface area contributed by atoms with Gasteiger partial charge in [0.15, 0.2) is 6.61 Å². The van der Waals surface area contributed by atoms with E-state index < -0.39 is 24.3 Å². The van der Waals surface area contributed by atoms with E-state index in [1.807, 2.05) is 6.07 Å². The minimum atomic E-state index is -0.727. The Morgan fingerprint density at radius 3 is 2.74 bits per heavy atom. The van der Waals surface area contributed by atoms with Crippen LogP contribution in [0.15, 0.2) is 42.5 Å². The second-order valence-corrected chi connectivity index (χ2v) is 4.85. The normalized spacial score (nSPS) is 9.78. The molecule has 0 aliphatic heterocycles. The first-order chi connectivity index (χ1) is 11.0. The summed E-state index contributed by atoms with van der Waals surface area (Å²) in [5, 5.41) is 11.1. The first-order valence-corrected chi connectivity index (χ1v) is 6.79. The zero-order chi connectivity index (χ0) is 16.8.